The molecule has 0 radical (unpaired) electrons. The van der Waals surface area contributed by atoms with Crippen LogP contribution in [0.5, 0.6) is 5.75 Å². The van der Waals surface area contributed by atoms with E-state index < -0.39 is 17.7 Å². The molecule has 0 aliphatic rings. The molecule has 0 heterocycles. The van der Waals surface area contributed by atoms with Crippen LogP contribution in [-0.2, 0) is 6.61 Å². The van der Waals surface area contributed by atoms with Gasteiger partial charge in [0.1, 0.15) is 24.0 Å². The van der Waals surface area contributed by atoms with Crippen LogP contribution in [-0.4, -0.2) is 5.11 Å². The third-order valence-corrected chi connectivity index (χ3v) is 2.99. The van der Waals surface area contributed by atoms with Gasteiger partial charge in [0.05, 0.1) is 17.7 Å². The standard InChI is InChI=1S/C16H13F2NO2/c1-10(20)14-5-4-13(17)7-16(14)21-9-12-3-2-11(8-19)6-15(12)18/h2-7,10,20H,9H2,1H3. The lowest BCUT2D eigenvalue weighted by molar-refractivity contribution is 0.189. The number of ether oxygens (including phenoxy) is 1. The van der Waals surface area contributed by atoms with E-state index in [0.29, 0.717) is 5.56 Å². The van der Waals surface area contributed by atoms with E-state index in [1.54, 1.807) is 0 Å². The number of rotatable bonds is 4. The van der Waals surface area contributed by atoms with Crippen LogP contribution in [0, 0.1) is 23.0 Å². The molecule has 0 spiro atoms. The van der Waals surface area contributed by atoms with E-state index in [1.807, 2.05) is 6.07 Å². The first-order valence-corrected chi connectivity index (χ1v) is 6.30. The van der Waals surface area contributed by atoms with E-state index in [1.165, 1.54) is 31.2 Å². The Balaban J connectivity index is 2.20. The maximum Gasteiger partial charge on any atom is 0.131 e. The van der Waals surface area contributed by atoms with Crippen molar-refractivity contribution < 1.29 is 18.6 Å². The number of benzene rings is 2. The zero-order valence-corrected chi connectivity index (χ0v) is 11.3. The third kappa shape index (κ3) is 3.56. The molecule has 5 heteroatoms. The monoisotopic (exact) mass is 289 g/mol. The van der Waals surface area contributed by atoms with Crippen molar-refractivity contribution >= 4 is 0 Å². The summed E-state index contributed by atoms with van der Waals surface area (Å²) in [5, 5.41) is 18.3. The molecule has 0 amide bonds. The van der Waals surface area contributed by atoms with Gasteiger partial charge in [0, 0.05) is 17.2 Å². The van der Waals surface area contributed by atoms with Crippen LogP contribution in [0.25, 0.3) is 0 Å². The van der Waals surface area contributed by atoms with E-state index in [-0.39, 0.29) is 23.5 Å². The Morgan fingerprint density at radius 1 is 1.24 bits per heavy atom. The second-order valence-corrected chi connectivity index (χ2v) is 4.56. The summed E-state index contributed by atoms with van der Waals surface area (Å²) < 4.78 is 32.4. The molecule has 0 bridgehead atoms. The summed E-state index contributed by atoms with van der Waals surface area (Å²) in [6, 6.07) is 9.65. The summed E-state index contributed by atoms with van der Waals surface area (Å²) in [6.07, 6.45) is -0.827. The Morgan fingerprint density at radius 2 is 2.00 bits per heavy atom. The van der Waals surface area contributed by atoms with Crippen molar-refractivity contribution in [1.29, 1.82) is 5.26 Å². The number of hydrogen-bond acceptors (Lipinski definition) is 3. The lowest BCUT2D eigenvalue weighted by Crippen LogP contribution is -2.03. The van der Waals surface area contributed by atoms with Gasteiger partial charge in [0.25, 0.3) is 0 Å². The number of nitrogens with zero attached hydrogens (tertiary/aromatic N) is 1. The molecule has 2 aromatic carbocycles. The summed E-state index contributed by atoms with van der Waals surface area (Å²) in [5.74, 6) is -0.910. The highest BCUT2D eigenvalue weighted by Gasteiger charge is 2.12. The van der Waals surface area contributed by atoms with Gasteiger partial charge in [0.15, 0.2) is 0 Å². The third-order valence-electron chi connectivity index (χ3n) is 2.99. The van der Waals surface area contributed by atoms with Gasteiger partial charge in [0.2, 0.25) is 0 Å². The fourth-order valence-electron chi connectivity index (χ4n) is 1.87. The lowest BCUT2D eigenvalue weighted by atomic mass is 10.1. The van der Waals surface area contributed by atoms with Crippen molar-refractivity contribution in [2.75, 3.05) is 0 Å². The molecule has 2 rings (SSSR count). The fourth-order valence-corrected chi connectivity index (χ4v) is 1.87. The molecule has 1 atom stereocenters. The van der Waals surface area contributed by atoms with Crippen molar-refractivity contribution in [3.63, 3.8) is 0 Å². The molecule has 1 unspecified atom stereocenters. The quantitative estimate of drug-likeness (QED) is 0.937. The molecule has 2 aromatic rings. The molecule has 0 saturated carbocycles. The SMILES string of the molecule is CC(O)c1ccc(F)cc1OCc1ccc(C#N)cc1F. The van der Waals surface area contributed by atoms with E-state index >= 15 is 0 Å². The zero-order valence-electron chi connectivity index (χ0n) is 11.3. The van der Waals surface area contributed by atoms with Gasteiger partial charge >= 0.3 is 0 Å². The summed E-state index contributed by atoms with van der Waals surface area (Å²) >= 11 is 0. The molecule has 21 heavy (non-hydrogen) atoms. The average molecular weight is 289 g/mol. The molecule has 1 N–H and O–H groups in total. The average Bonchev–Trinajstić information content (AvgIpc) is 2.45. The van der Waals surface area contributed by atoms with Gasteiger partial charge in [-0.2, -0.15) is 5.26 Å². The normalized spacial score (nSPS) is 11.8. The van der Waals surface area contributed by atoms with Crippen LogP contribution >= 0.6 is 0 Å². The van der Waals surface area contributed by atoms with Crippen molar-refractivity contribution in [1.82, 2.24) is 0 Å². The molecule has 0 fully saturated rings. The Bertz CT molecular complexity index is 693. The fraction of sp³-hybridized carbons (Fsp3) is 0.188. The van der Waals surface area contributed by atoms with E-state index in [2.05, 4.69) is 0 Å². The minimum atomic E-state index is -0.827. The van der Waals surface area contributed by atoms with E-state index in [9.17, 15) is 13.9 Å². The second kappa shape index (κ2) is 6.33. The van der Waals surface area contributed by atoms with E-state index in [4.69, 9.17) is 10.00 Å². The smallest absolute Gasteiger partial charge is 0.131 e. The molecular formula is C16H13F2NO2. The van der Waals surface area contributed by atoms with Crippen molar-refractivity contribution in [2.45, 2.75) is 19.6 Å². The van der Waals surface area contributed by atoms with Gasteiger partial charge in [-0.05, 0) is 31.2 Å². The minimum Gasteiger partial charge on any atom is -0.488 e. The van der Waals surface area contributed by atoms with Crippen molar-refractivity contribution in [3.8, 4) is 11.8 Å². The molecular weight excluding hydrogens is 276 g/mol. The first-order chi connectivity index (χ1) is 10.0. The zero-order chi connectivity index (χ0) is 15.4. The Kier molecular flexibility index (Phi) is 4.51. The summed E-state index contributed by atoms with van der Waals surface area (Å²) in [7, 11) is 0. The first kappa shape index (κ1) is 14.9. The Morgan fingerprint density at radius 3 is 2.62 bits per heavy atom. The summed E-state index contributed by atoms with van der Waals surface area (Å²) in [4.78, 5) is 0. The highest BCUT2D eigenvalue weighted by Crippen LogP contribution is 2.27. The molecule has 108 valence electrons. The molecule has 0 aliphatic carbocycles. The van der Waals surface area contributed by atoms with Crippen LogP contribution in [0.1, 0.15) is 29.7 Å². The van der Waals surface area contributed by atoms with E-state index in [0.717, 1.165) is 12.1 Å². The Hall–Kier alpha value is -2.45. The predicted octanol–water partition coefficient (Wildman–Crippen LogP) is 3.47. The largest absolute Gasteiger partial charge is 0.488 e. The molecule has 0 aliphatic heterocycles. The number of nitriles is 1. The van der Waals surface area contributed by atoms with Crippen LogP contribution in [0.2, 0.25) is 0 Å². The van der Waals surface area contributed by atoms with Crippen LogP contribution < -0.4 is 4.74 Å². The number of aliphatic hydroxyl groups excluding tert-OH is 1. The highest BCUT2D eigenvalue weighted by atomic mass is 19.1. The van der Waals surface area contributed by atoms with Crippen molar-refractivity contribution in [3.05, 3.63) is 64.7 Å². The number of halogens is 2. The maximum absolute atomic E-state index is 13.7. The van der Waals surface area contributed by atoms with Crippen LogP contribution in [0.15, 0.2) is 36.4 Å². The van der Waals surface area contributed by atoms with Gasteiger partial charge in [-0.3, -0.25) is 0 Å². The lowest BCUT2D eigenvalue weighted by Gasteiger charge is -2.14. The molecule has 3 nitrogen and oxygen atoms in total. The summed E-state index contributed by atoms with van der Waals surface area (Å²) in [5.41, 5.74) is 0.881. The van der Waals surface area contributed by atoms with Gasteiger partial charge in [-0.15, -0.1) is 0 Å². The van der Waals surface area contributed by atoms with Gasteiger partial charge in [-0.1, -0.05) is 6.07 Å². The van der Waals surface area contributed by atoms with Crippen LogP contribution in [0.3, 0.4) is 0 Å². The molecule has 0 aromatic heterocycles. The maximum atomic E-state index is 13.7. The minimum absolute atomic E-state index is 0.124. The highest BCUT2D eigenvalue weighted by molar-refractivity contribution is 5.36. The summed E-state index contributed by atoms with van der Waals surface area (Å²) in [6.45, 7) is 1.41. The second-order valence-electron chi connectivity index (χ2n) is 4.56. The molecule has 0 saturated heterocycles. The topological polar surface area (TPSA) is 53.2 Å². The number of hydrogen-bond donors (Lipinski definition) is 1. The first-order valence-electron chi connectivity index (χ1n) is 6.30. The van der Waals surface area contributed by atoms with Gasteiger partial charge in [-0.25, -0.2) is 8.78 Å². The van der Waals surface area contributed by atoms with Crippen LogP contribution in [0.4, 0.5) is 8.78 Å². The number of aliphatic hydroxyl groups is 1. The Labute approximate surface area is 121 Å². The van der Waals surface area contributed by atoms with Gasteiger partial charge < -0.3 is 9.84 Å². The van der Waals surface area contributed by atoms with Crippen molar-refractivity contribution in [2.24, 2.45) is 0 Å². The predicted molar refractivity (Wildman–Crippen MR) is 72.5 cm³/mol.